The van der Waals surface area contributed by atoms with E-state index in [1.54, 1.807) is 31.2 Å². The van der Waals surface area contributed by atoms with Crippen molar-refractivity contribution in [1.29, 1.82) is 0 Å². The van der Waals surface area contributed by atoms with E-state index in [0.717, 1.165) is 6.07 Å². The van der Waals surface area contributed by atoms with Gasteiger partial charge in [0, 0.05) is 29.4 Å². The molecule has 0 spiro atoms. The van der Waals surface area contributed by atoms with Crippen molar-refractivity contribution in [3.05, 3.63) is 81.0 Å². The first-order valence-electron chi connectivity index (χ1n) is 8.50. The van der Waals surface area contributed by atoms with E-state index in [9.17, 15) is 18.8 Å². The summed E-state index contributed by atoms with van der Waals surface area (Å²) < 4.78 is 15.5. The van der Waals surface area contributed by atoms with E-state index in [1.807, 2.05) is 0 Å². The van der Waals surface area contributed by atoms with Crippen LogP contribution in [-0.2, 0) is 4.79 Å². The van der Waals surface area contributed by atoms with Crippen LogP contribution in [0.5, 0.6) is 0 Å². The Balaban J connectivity index is 1.96. The molecule has 0 fully saturated rings. The Bertz CT molecular complexity index is 1160. The number of halogens is 2. The molecule has 1 heterocycles. The fraction of sp³-hybridized carbons (Fsp3) is 0.100. The Kier molecular flexibility index (Phi) is 5.74. The zero-order valence-corrected chi connectivity index (χ0v) is 16.2. The number of rotatable bonds is 4. The quantitative estimate of drug-likeness (QED) is 0.682. The molecule has 2 amide bonds. The van der Waals surface area contributed by atoms with Gasteiger partial charge in [0.15, 0.2) is 5.69 Å². The van der Waals surface area contributed by atoms with Gasteiger partial charge in [-0.25, -0.2) is 9.07 Å². The normalized spacial score (nSPS) is 10.5. The molecule has 0 radical (unpaired) electrons. The van der Waals surface area contributed by atoms with Gasteiger partial charge in [0.2, 0.25) is 11.3 Å². The molecule has 3 aromatic rings. The summed E-state index contributed by atoms with van der Waals surface area (Å²) in [7, 11) is 0. The van der Waals surface area contributed by atoms with Gasteiger partial charge < -0.3 is 10.6 Å². The second kappa shape index (κ2) is 8.24. The van der Waals surface area contributed by atoms with Crippen molar-refractivity contribution in [3.63, 3.8) is 0 Å². The zero-order chi connectivity index (χ0) is 21.1. The average Bonchev–Trinajstić information content (AvgIpc) is 2.65. The van der Waals surface area contributed by atoms with Gasteiger partial charge in [-0.3, -0.25) is 14.4 Å². The number of benzene rings is 2. The second-order valence-corrected chi connectivity index (χ2v) is 6.65. The largest absolute Gasteiger partial charge is 0.326 e. The number of aryl methyl sites for hydroxylation is 1. The molecule has 0 aliphatic heterocycles. The number of amides is 2. The molecule has 1 aromatic heterocycles. The van der Waals surface area contributed by atoms with Gasteiger partial charge in [-0.1, -0.05) is 11.6 Å². The van der Waals surface area contributed by atoms with Crippen molar-refractivity contribution in [2.75, 3.05) is 10.6 Å². The molecule has 0 atom stereocenters. The monoisotopic (exact) mass is 414 g/mol. The third kappa shape index (κ3) is 4.67. The summed E-state index contributed by atoms with van der Waals surface area (Å²) in [6, 6.07) is 11.6. The number of anilines is 2. The van der Waals surface area contributed by atoms with E-state index in [0.29, 0.717) is 22.1 Å². The highest BCUT2D eigenvalue weighted by atomic mass is 35.5. The lowest BCUT2D eigenvalue weighted by Gasteiger charge is -2.12. The minimum absolute atomic E-state index is 0.193. The first-order valence-corrected chi connectivity index (χ1v) is 8.88. The first-order chi connectivity index (χ1) is 13.7. The fourth-order valence-corrected chi connectivity index (χ4v) is 2.76. The molecular weight excluding hydrogens is 399 g/mol. The third-order valence-corrected chi connectivity index (χ3v) is 4.18. The van der Waals surface area contributed by atoms with Crippen LogP contribution in [0, 0.1) is 12.7 Å². The molecule has 0 saturated carbocycles. The molecule has 0 bridgehead atoms. The van der Waals surface area contributed by atoms with E-state index < -0.39 is 22.8 Å². The average molecular weight is 415 g/mol. The van der Waals surface area contributed by atoms with Crippen LogP contribution in [0.15, 0.2) is 53.3 Å². The zero-order valence-electron chi connectivity index (χ0n) is 15.5. The number of aromatic nitrogens is 2. The lowest BCUT2D eigenvalue weighted by Crippen LogP contribution is -2.27. The lowest BCUT2D eigenvalue weighted by molar-refractivity contribution is -0.114. The number of carbonyl (C=O) groups excluding carboxylic acids is 2. The topological polar surface area (TPSA) is 93.1 Å². The summed E-state index contributed by atoms with van der Waals surface area (Å²) >= 11 is 5.89. The number of hydrogen-bond donors (Lipinski definition) is 2. The molecule has 0 aliphatic carbocycles. The minimum Gasteiger partial charge on any atom is -0.326 e. The summed E-state index contributed by atoms with van der Waals surface area (Å²) in [6.07, 6.45) is 0. The van der Waals surface area contributed by atoms with Crippen LogP contribution in [0.4, 0.5) is 15.8 Å². The maximum absolute atomic E-state index is 14.1. The van der Waals surface area contributed by atoms with Gasteiger partial charge >= 0.3 is 0 Å². The van der Waals surface area contributed by atoms with Crippen LogP contribution in [0.25, 0.3) is 5.69 Å². The predicted octanol–water partition coefficient (Wildman–Crippen LogP) is 3.54. The summed E-state index contributed by atoms with van der Waals surface area (Å²) in [5.41, 5.74) is 0.191. The molecule has 9 heteroatoms. The van der Waals surface area contributed by atoms with Gasteiger partial charge in [-0.05, 0) is 49.4 Å². The number of nitrogens with one attached hydrogen (secondary N) is 2. The Morgan fingerprint density at radius 3 is 2.41 bits per heavy atom. The molecule has 29 heavy (non-hydrogen) atoms. The first kappa shape index (κ1) is 20.2. The van der Waals surface area contributed by atoms with Crippen molar-refractivity contribution in [3.8, 4) is 5.69 Å². The molecule has 2 N–H and O–H groups in total. The predicted molar refractivity (Wildman–Crippen MR) is 108 cm³/mol. The maximum Gasteiger partial charge on any atom is 0.280 e. The van der Waals surface area contributed by atoms with E-state index in [-0.39, 0.29) is 11.6 Å². The molecule has 0 aliphatic rings. The summed E-state index contributed by atoms with van der Waals surface area (Å²) in [6.45, 7) is 2.97. The Hall–Kier alpha value is -3.52. The van der Waals surface area contributed by atoms with Gasteiger partial charge in [0.05, 0.1) is 11.4 Å². The van der Waals surface area contributed by atoms with Gasteiger partial charge in [-0.15, -0.1) is 0 Å². The highest BCUT2D eigenvalue weighted by molar-refractivity contribution is 6.30. The van der Waals surface area contributed by atoms with Crippen LogP contribution >= 0.6 is 11.6 Å². The van der Waals surface area contributed by atoms with Crippen LogP contribution in [0.1, 0.15) is 23.1 Å². The minimum atomic E-state index is -0.878. The van der Waals surface area contributed by atoms with Crippen LogP contribution < -0.4 is 16.1 Å². The second-order valence-electron chi connectivity index (χ2n) is 6.22. The molecule has 0 saturated heterocycles. The smallest absolute Gasteiger partial charge is 0.280 e. The summed E-state index contributed by atoms with van der Waals surface area (Å²) in [5.74, 6) is -1.95. The highest BCUT2D eigenvalue weighted by Crippen LogP contribution is 2.20. The Labute approximate surface area is 170 Å². The SMILES string of the molecule is CC(=O)Nc1ccc(F)c(NC(=O)c2nn(-c3ccc(Cl)cc3)c(C)cc2=O)c1. The van der Waals surface area contributed by atoms with E-state index in [2.05, 4.69) is 15.7 Å². The highest BCUT2D eigenvalue weighted by Gasteiger charge is 2.17. The Morgan fingerprint density at radius 2 is 1.76 bits per heavy atom. The van der Waals surface area contributed by atoms with Gasteiger partial charge in [0.1, 0.15) is 5.82 Å². The van der Waals surface area contributed by atoms with Crippen molar-refractivity contribution in [2.45, 2.75) is 13.8 Å². The van der Waals surface area contributed by atoms with Crippen molar-refractivity contribution < 1.29 is 14.0 Å². The molecule has 148 valence electrons. The standard InChI is InChI=1S/C20H16ClFN4O3/c1-11-9-18(28)19(25-26(11)15-6-3-13(21)4-7-15)20(29)24-17-10-14(23-12(2)27)5-8-16(17)22/h3-10H,1-2H3,(H,23,27)(H,24,29). The van der Waals surface area contributed by atoms with E-state index in [1.165, 1.54) is 29.8 Å². The lowest BCUT2D eigenvalue weighted by atomic mass is 10.2. The number of nitrogens with zero attached hydrogens (tertiary/aromatic N) is 2. The van der Waals surface area contributed by atoms with Crippen LogP contribution in [0.3, 0.4) is 0 Å². The van der Waals surface area contributed by atoms with E-state index >= 15 is 0 Å². The van der Waals surface area contributed by atoms with Crippen LogP contribution in [-0.4, -0.2) is 21.6 Å². The molecule has 2 aromatic carbocycles. The number of hydrogen-bond acceptors (Lipinski definition) is 4. The summed E-state index contributed by atoms with van der Waals surface area (Å²) in [4.78, 5) is 36.1. The maximum atomic E-state index is 14.1. The third-order valence-electron chi connectivity index (χ3n) is 3.93. The molecule has 7 nitrogen and oxygen atoms in total. The molecule has 3 rings (SSSR count). The number of carbonyl (C=O) groups is 2. The molecule has 0 unspecified atom stereocenters. The fourth-order valence-electron chi connectivity index (χ4n) is 2.63. The van der Waals surface area contributed by atoms with Crippen molar-refractivity contribution in [1.82, 2.24) is 9.78 Å². The molecular formula is C20H16ClFN4O3. The van der Waals surface area contributed by atoms with Gasteiger partial charge in [-0.2, -0.15) is 5.10 Å². The van der Waals surface area contributed by atoms with E-state index in [4.69, 9.17) is 11.6 Å². The van der Waals surface area contributed by atoms with Crippen molar-refractivity contribution in [2.24, 2.45) is 0 Å². The Morgan fingerprint density at radius 1 is 1.07 bits per heavy atom. The van der Waals surface area contributed by atoms with Crippen LogP contribution in [0.2, 0.25) is 5.02 Å². The summed E-state index contributed by atoms with van der Waals surface area (Å²) in [5, 5.41) is 9.47. The van der Waals surface area contributed by atoms with Crippen molar-refractivity contribution >= 4 is 34.8 Å². The van der Waals surface area contributed by atoms with Gasteiger partial charge in [0.25, 0.3) is 5.91 Å².